The minimum absolute atomic E-state index is 0.0135. The first-order valence-corrected chi connectivity index (χ1v) is 7.22. The number of nitrogens with zero attached hydrogens (tertiary/aromatic N) is 1. The zero-order valence-electron chi connectivity index (χ0n) is 12.5. The van der Waals surface area contributed by atoms with Crippen molar-refractivity contribution in [3.63, 3.8) is 0 Å². The van der Waals surface area contributed by atoms with E-state index in [1.165, 1.54) is 13.2 Å². The molecule has 3 rings (SSSR count). The summed E-state index contributed by atoms with van der Waals surface area (Å²) in [5, 5.41) is 14.4. The second kappa shape index (κ2) is 5.19. The van der Waals surface area contributed by atoms with Gasteiger partial charge >= 0.3 is 5.97 Å². The molecule has 1 fully saturated rings. The molecule has 1 aromatic carbocycles. The number of para-hydroxylation sites is 1. The predicted octanol–water partition coefficient (Wildman–Crippen LogP) is 1.73. The maximum atomic E-state index is 12.7. The lowest BCUT2D eigenvalue weighted by molar-refractivity contribution is -0.530. The molecule has 23 heavy (non-hydrogen) atoms. The Labute approximate surface area is 132 Å². The van der Waals surface area contributed by atoms with Gasteiger partial charge in [0.25, 0.3) is 0 Å². The third-order valence-electron chi connectivity index (χ3n) is 4.91. The van der Waals surface area contributed by atoms with Crippen LogP contribution < -0.4 is 5.32 Å². The van der Waals surface area contributed by atoms with E-state index in [2.05, 4.69) is 11.9 Å². The lowest BCUT2D eigenvalue weighted by atomic mass is 9.70. The largest absolute Gasteiger partial charge is 0.468 e. The first-order valence-electron chi connectivity index (χ1n) is 7.22. The number of methoxy groups -OCH3 is 1. The highest BCUT2D eigenvalue weighted by atomic mass is 16.6. The average molecular weight is 316 g/mol. The third-order valence-corrected chi connectivity index (χ3v) is 4.91. The Hall–Kier alpha value is -2.70. The van der Waals surface area contributed by atoms with Crippen LogP contribution in [0.4, 0.5) is 5.69 Å². The summed E-state index contributed by atoms with van der Waals surface area (Å²) in [4.78, 5) is 36.5. The topological polar surface area (TPSA) is 98.5 Å². The number of esters is 1. The van der Waals surface area contributed by atoms with E-state index in [1.807, 2.05) is 0 Å². The van der Waals surface area contributed by atoms with Crippen molar-refractivity contribution in [2.75, 3.05) is 12.4 Å². The molecule has 0 radical (unpaired) electrons. The van der Waals surface area contributed by atoms with Crippen molar-refractivity contribution in [3.05, 3.63) is 52.6 Å². The predicted molar refractivity (Wildman–Crippen MR) is 81.3 cm³/mol. The Kier molecular flexibility index (Phi) is 3.43. The SMILES string of the molecule is C=C[C@@H]1C[C@]2(C(=O)OC)C(=O)Nc3ccccc3[C@@H]2[C@H]1[N+](=O)[O-]. The van der Waals surface area contributed by atoms with Gasteiger partial charge in [0.15, 0.2) is 5.41 Å². The van der Waals surface area contributed by atoms with Crippen LogP contribution in [0.25, 0.3) is 0 Å². The molecule has 0 aromatic heterocycles. The highest BCUT2D eigenvalue weighted by molar-refractivity contribution is 6.12. The maximum Gasteiger partial charge on any atom is 0.322 e. The zero-order chi connectivity index (χ0) is 16.8. The van der Waals surface area contributed by atoms with E-state index < -0.39 is 40.1 Å². The van der Waals surface area contributed by atoms with Crippen molar-refractivity contribution in [2.24, 2.45) is 11.3 Å². The number of ether oxygens (including phenoxy) is 1. The van der Waals surface area contributed by atoms with Gasteiger partial charge in [0.1, 0.15) is 0 Å². The van der Waals surface area contributed by atoms with E-state index in [9.17, 15) is 19.7 Å². The van der Waals surface area contributed by atoms with Crippen molar-refractivity contribution in [1.29, 1.82) is 0 Å². The first-order chi connectivity index (χ1) is 11.0. The fraction of sp³-hybridized carbons (Fsp3) is 0.375. The molecule has 0 saturated heterocycles. The standard InChI is InChI=1S/C16H16N2O5/c1-3-9-8-16(15(20)23-2)12(13(9)18(21)22)10-6-4-5-7-11(10)17-14(16)19/h3-7,9,12-13H,1,8H2,2H3,(H,17,19)/t9-,12-,13+,16-/m1/s1. The van der Waals surface area contributed by atoms with E-state index in [0.29, 0.717) is 11.3 Å². The van der Waals surface area contributed by atoms with Crippen molar-refractivity contribution in [2.45, 2.75) is 18.4 Å². The van der Waals surface area contributed by atoms with E-state index in [4.69, 9.17) is 4.74 Å². The number of nitro groups is 1. The molecule has 7 nitrogen and oxygen atoms in total. The van der Waals surface area contributed by atoms with Crippen molar-refractivity contribution in [1.82, 2.24) is 0 Å². The summed E-state index contributed by atoms with van der Waals surface area (Å²) in [6, 6.07) is 5.74. The van der Waals surface area contributed by atoms with Crippen LogP contribution in [0.3, 0.4) is 0 Å². The number of hydrogen-bond acceptors (Lipinski definition) is 5. The molecule has 2 aliphatic rings. The molecule has 1 aliphatic carbocycles. The van der Waals surface area contributed by atoms with E-state index >= 15 is 0 Å². The van der Waals surface area contributed by atoms with Gasteiger partial charge in [0.2, 0.25) is 11.9 Å². The Morgan fingerprint density at radius 1 is 1.52 bits per heavy atom. The Morgan fingerprint density at radius 3 is 2.83 bits per heavy atom. The Morgan fingerprint density at radius 2 is 2.22 bits per heavy atom. The van der Waals surface area contributed by atoms with E-state index in [1.54, 1.807) is 24.3 Å². The summed E-state index contributed by atoms with van der Waals surface area (Å²) in [6.45, 7) is 3.64. The molecular formula is C16H16N2O5. The fourth-order valence-corrected chi connectivity index (χ4v) is 3.94. The second-order valence-corrected chi connectivity index (χ2v) is 5.86. The Bertz CT molecular complexity index is 716. The van der Waals surface area contributed by atoms with Crippen LogP contribution in [0.15, 0.2) is 36.9 Å². The van der Waals surface area contributed by atoms with Crippen LogP contribution in [0.5, 0.6) is 0 Å². The highest BCUT2D eigenvalue weighted by Gasteiger charge is 2.69. The number of carbonyl (C=O) groups excluding carboxylic acids is 2. The Balaban J connectivity index is 2.28. The summed E-state index contributed by atoms with van der Waals surface area (Å²) in [5.41, 5.74) is -0.512. The number of amides is 1. The van der Waals surface area contributed by atoms with E-state index in [0.717, 1.165) is 0 Å². The monoisotopic (exact) mass is 316 g/mol. The quantitative estimate of drug-likeness (QED) is 0.301. The minimum Gasteiger partial charge on any atom is -0.468 e. The molecule has 4 atom stereocenters. The molecule has 1 amide bonds. The van der Waals surface area contributed by atoms with Gasteiger partial charge in [-0.1, -0.05) is 24.3 Å². The van der Waals surface area contributed by atoms with Crippen molar-refractivity contribution >= 4 is 17.6 Å². The van der Waals surface area contributed by atoms with Crippen LogP contribution in [-0.2, 0) is 14.3 Å². The summed E-state index contributed by atoms with van der Waals surface area (Å²) in [5.74, 6) is -2.76. The molecule has 0 spiro atoms. The smallest absolute Gasteiger partial charge is 0.322 e. The molecule has 1 aromatic rings. The molecule has 1 aliphatic heterocycles. The highest BCUT2D eigenvalue weighted by Crippen LogP contribution is 2.58. The number of anilines is 1. The van der Waals surface area contributed by atoms with Crippen LogP contribution in [0, 0.1) is 21.4 Å². The lowest BCUT2D eigenvalue weighted by Crippen LogP contribution is -2.51. The number of carbonyl (C=O) groups is 2. The maximum absolute atomic E-state index is 12.7. The molecule has 7 heteroatoms. The second-order valence-electron chi connectivity index (χ2n) is 5.86. The van der Waals surface area contributed by atoms with Gasteiger partial charge < -0.3 is 10.1 Å². The number of hydrogen-bond donors (Lipinski definition) is 1. The van der Waals surface area contributed by atoms with Crippen LogP contribution in [0.2, 0.25) is 0 Å². The van der Waals surface area contributed by atoms with Gasteiger partial charge in [0.05, 0.1) is 13.0 Å². The summed E-state index contributed by atoms with van der Waals surface area (Å²) in [7, 11) is 1.18. The molecular weight excluding hydrogens is 300 g/mol. The van der Waals surface area contributed by atoms with Crippen LogP contribution >= 0.6 is 0 Å². The van der Waals surface area contributed by atoms with Gasteiger partial charge in [-0.3, -0.25) is 19.7 Å². The van der Waals surface area contributed by atoms with Gasteiger partial charge in [0, 0.05) is 16.5 Å². The number of benzene rings is 1. The number of rotatable bonds is 3. The number of nitrogens with one attached hydrogen (secondary N) is 1. The van der Waals surface area contributed by atoms with Crippen LogP contribution in [-0.4, -0.2) is 30.0 Å². The van der Waals surface area contributed by atoms with Gasteiger partial charge in [-0.05, 0) is 18.1 Å². The third kappa shape index (κ3) is 1.89. The van der Waals surface area contributed by atoms with Crippen LogP contribution in [0.1, 0.15) is 17.9 Å². The molecule has 1 saturated carbocycles. The van der Waals surface area contributed by atoms with Crippen molar-refractivity contribution < 1.29 is 19.2 Å². The fourth-order valence-electron chi connectivity index (χ4n) is 3.94. The van der Waals surface area contributed by atoms with Crippen molar-refractivity contribution in [3.8, 4) is 0 Å². The first kappa shape index (κ1) is 15.2. The van der Waals surface area contributed by atoms with Gasteiger partial charge in [-0.25, -0.2) is 0 Å². The molecule has 0 unspecified atom stereocenters. The minimum atomic E-state index is -1.60. The summed E-state index contributed by atoms with van der Waals surface area (Å²) in [6.07, 6.45) is 1.46. The normalized spacial score (nSPS) is 31.5. The van der Waals surface area contributed by atoms with E-state index in [-0.39, 0.29) is 6.42 Å². The summed E-state index contributed by atoms with van der Waals surface area (Å²) >= 11 is 0. The molecule has 0 bridgehead atoms. The number of fused-ring (bicyclic) bond motifs is 3. The molecule has 1 heterocycles. The lowest BCUT2D eigenvalue weighted by Gasteiger charge is -2.36. The van der Waals surface area contributed by atoms with Gasteiger partial charge in [-0.2, -0.15) is 0 Å². The van der Waals surface area contributed by atoms with Gasteiger partial charge in [-0.15, -0.1) is 6.58 Å². The molecule has 1 N–H and O–H groups in total. The molecule has 120 valence electrons. The average Bonchev–Trinajstić information content (AvgIpc) is 2.91. The zero-order valence-corrected chi connectivity index (χ0v) is 12.5. The summed E-state index contributed by atoms with van der Waals surface area (Å²) < 4.78 is 4.84.